The number of alkyl halides is 2. The SMILES string of the molecule is Cc1c(N2CCCC(F)(F)C2)nc2ccc(Br)cc2c1C(=O)Nc1[c]cc(Cl)cc1Cl. The first-order valence-electron chi connectivity index (χ1n) is 9.55. The summed E-state index contributed by atoms with van der Waals surface area (Å²) >= 11 is 15.5. The van der Waals surface area contributed by atoms with Gasteiger partial charge in [0.1, 0.15) is 5.82 Å². The highest BCUT2D eigenvalue weighted by Crippen LogP contribution is 2.35. The first-order chi connectivity index (χ1) is 14.6. The molecule has 1 aromatic heterocycles. The third-order valence-electron chi connectivity index (χ3n) is 5.18. The van der Waals surface area contributed by atoms with Crippen LogP contribution in [-0.2, 0) is 0 Å². The number of fused-ring (bicyclic) bond motifs is 1. The lowest BCUT2D eigenvalue weighted by Crippen LogP contribution is -2.43. The molecule has 1 aliphatic rings. The highest BCUT2D eigenvalue weighted by atomic mass is 79.9. The molecule has 4 nitrogen and oxygen atoms in total. The topological polar surface area (TPSA) is 45.2 Å². The van der Waals surface area contributed by atoms with Gasteiger partial charge in [-0.3, -0.25) is 4.79 Å². The van der Waals surface area contributed by atoms with Gasteiger partial charge in [-0.2, -0.15) is 0 Å². The minimum absolute atomic E-state index is 0.151. The van der Waals surface area contributed by atoms with Crippen molar-refractivity contribution in [2.75, 3.05) is 23.3 Å². The first kappa shape index (κ1) is 22.2. The average Bonchev–Trinajstić information content (AvgIpc) is 2.68. The van der Waals surface area contributed by atoms with Crippen molar-refractivity contribution in [3.8, 4) is 0 Å². The van der Waals surface area contributed by atoms with Gasteiger partial charge in [-0.25, -0.2) is 13.8 Å². The third-order valence-corrected chi connectivity index (χ3v) is 6.19. The van der Waals surface area contributed by atoms with Crippen LogP contribution in [0.5, 0.6) is 0 Å². The van der Waals surface area contributed by atoms with Gasteiger partial charge in [0.15, 0.2) is 0 Å². The Morgan fingerprint density at radius 1 is 1.32 bits per heavy atom. The van der Waals surface area contributed by atoms with Gasteiger partial charge in [0.2, 0.25) is 0 Å². The quantitative estimate of drug-likeness (QED) is 0.403. The van der Waals surface area contributed by atoms with E-state index < -0.39 is 18.4 Å². The molecule has 4 rings (SSSR count). The molecule has 3 aromatic rings. The van der Waals surface area contributed by atoms with Gasteiger partial charge in [-0.1, -0.05) is 39.1 Å². The van der Waals surface area contributed by atoms with Crippen LogP contribution in [0.3, 0.4) is 0 Å². The highest BCUT2D eigenvalue weighted by molar-refractivity contribution is 9.10. The molecule has 0 unspecified atom stereocenters. The van der Waals surface area contributed by atoms with E-state index >= 15 is 0 Å². The lowest BCUT2D eigenvalue weighted by atomic mass is 10.0. The molecular weight excluding hydrogens is 511 g/mol. The van der Waals surface area contributed by atoms with E-state index in [1.165, 1.54) is 12.1 Å². The van der Waals surface area contributed by atoms with Crippen LogP contribution in [0.1, 0.15) is 28.8 Å². The molecule has 1 amide bonds. The van der Waals surface area contributed by atoms with Crippen molar-refractivity contribution in [3.63, 3.8) is 0 Å². The third kappa shape index (κ3) is 4.64. The van der Waals surface area contributed by atoms with E-state index in [9.17, 15) is 13.6 Å². The summed E-state index contributed by atoms with van der Waals surface area (Å²) in [6.45, 7) is 1.74. The Balaban J connectivity index is 1.83. The summed E-state index contributed by atoms with van der Waals surface area (Å²) < 4.78 is 28.9. The summed E-state index contributed by atoms with van der Waals surface area (Å²) in [7, 11) is 0. The van der Waals surface area contributed by atoms with E-state index in [0.29, 0.717) is 45.8 Å². The first-order valence-corrected chi connectivity index (χ1v) is 11.1. The molecule has 31 heavy (non-hydrogen) atoms. The molecule has 1 fully saturated rings. The summed E-state index contributed by atoms with van der Waals surface area (Å²) in [5, 5.41) is 4.00. The number of nitrogens with zero attached hydrogens (tertiary/aromatic N) is 2. The molecule has 1 radical (unpaired) electrons. The fraction of sp³-hybridized carbons (Fsp3) is 0.273. The van der Waals surface area contributed by atoms with Crippen molar-refractivity contribution in [3.05, 3.63) is 62.0 Å². The van der Waals surface area contributed by atoms with Crippen LogP contribution in [0, 0.1) is 13.0 Å². The van der Waals surface area contributed by atoms with Crippen molar-refractivity contribution in [2.24, 2.45) is 0 Å². The molecule has 0 atom stereocenters. The van der Waals surface area contributed by atoms with Crippen molar-refractivity contribution in [1.82, 2.24) is 4.98 Å². The van der Waals surface area contributed by atoms with E-state index in [2.05, 4.69) is 32.3 Å². The minimum Gasteiger partial charge on any atom is -0.350 e. The molecule has 0 bridgehead atoms. The van der Waals surface area contributed by atoms with Crippen molar-refractivity contribution in [2.45, 2.75) is 25.7 Å². The van der Waals surface area contributed by atoms with Gasteiger partial charge in [-0.15, -0.1) is 0 Å². The maximum atomic E-state index is 14.1. The number of pyridine rings is 1. The van der Waals surface area contributed by atoms with Gasteiger partial charge in [0.25, 0.3) is 11.8 Å². The molecule has 2 heterocycles. The maximum Gasteiger partial charge on any atom is 0.265 e. The van der Waals surface area contributed by atoms with Crippen LogP contribution in [0.2, 0.25) is 10.0 Å². The molecule has 161 valence electrons. The normalized spacial score (nSPS) is 15.9. The van der Waals surface area contributed by atoms with Crippen molar-refractivity contribution < 1.29 is 13.6 Å². The second-order valence-corrected chi connectivity index (χ2v) is 9.23. The minimum atomic E-state index is -2.80. The summed E-state index contributed by atoms with van der Waals surface area (Å²) in [6.07, 6.45) is 0.199. The monoisotopic (exact) mass is 526 g/mol. The summed E-state index contributed by atoms with van der Waals surface area (Å²) in [4.78, 5) is 19.5. The number of aromatic nitrogens is 1. The molecule has 0 aliphatic carbocycles. The molecule has 1 saturated heterocycles. The number of hydrogen-bond donors (Lipinski definition) is 1. The van der Waals surface area contributed by atoms with Crippen LogP contribution >= 0.6 is 39.1 Å². The summed E-state index contributed by atoms with van der Waals surface area (Å²) in [5.41, 5.74) is 1.68. The number of nitrogens with one attached hydrogen (secondary N) is 1. The number of halogens is 5. The van der Waals surface area contributed by atoms with E-state index in [-0.39, 0.29) is 17.1 Å². The molecule has 0 spiro atoms. The van der Waals surface area contributed by atoms with Crippen LogP contribution in [-0.4, -0.2) is 29.9 Å². The van der Waals surface area contributed by atoms with Gasteiger partial charge in [-0.05, 0) is 43.7 Å². The fourth-order valence-electron chi connectivity index (χ4n) is 3.78. The van der Waals surface area contributed by atoms with E-state index in [1.807, 2.05) is 0 Å². The van der Waals surface area contributed by atoms with E-state index in [4.69, 9.17) is 23.2 Å². The highest BCUT2D eigenvalue weighted by Gasteiger charge is 2.36. The molecular formula is C22H17BrCl2F2N3O. The number of piperidine rings is 1. The maximum absolute atomic E-state index is 14.1. The molecule has 2 aromatic carbocycles. The predicted molar refractivity (Wildman–Crippen MR) is 124 cm³/mol. The zero-order valence-corrected chi connectivity index (χ0v) is 19.5. The molecule has 1 aliphatic heterocycles. The number of anilines is 2. The standard InChI is InChI=1S/C22H17BrCl2F2N3O/c1-12-19(21(31)29-18-6-4-14(24)10-16(18)25)15-9-13(23)3-5-17(15)28-20(12)30-8-2-7-22(26,27)11-30/h3-5,9-10H,2,7-8,11H2,1H3,(H,29,31). The zero-order chi connectivity index (χ0) is 22.3. The fourth-order valence-corrected chi connectivity index (χ4v) is 4.58. The van der Waals surface area contributed by atoms with Gasteiger partial charge >= 0.3 is 0 Å². The summed E-state index contributed by atoms with van der Waals surface area (Å²) in [5.74, 6) is -2.85. The van der Waals surface area contributed by atoms with Crippen LogP contribution in [0.4, 0.5) is 20.3 Å². The largest absolute Gasteiger partial charge is 0.350 e. The molecule has 9 heteroatoms. The Hall–Kier alpha value is -1.96. The predicted octanol–water partition coefficient (Wildman–Crippen LogP) is 6.90. The number of hydrogen-bond acceptors (Lipinski definition) is 3. The molecule has 1 N–H and O–H groups in total. The Bertz CT molecular complexity index is 1190. The Kier molecular flexibility index (Phi) is 6.12. The summed E-state index contributed by atoms with van der Waals surface area (Å²) in [6, 6.07) is 11.2. The Labute approximate surface area is 196 Å². The Morgan fingerprint density at radius 2 is 2.10 bits per heavy atom. The average molecular weight is 528 g/mol. The number of carbonyl (C=O) groups excluding carboxylic acids is 1. The number of amides is 1. The van der Waals surface area contributed by atoms with Crippen molar-refractivity contribution >= 4 is 67.4 Å². The second-order valence-electron chi connectivity index (χ2n) is 7.47. The zero-order valence-electron chi connectivity index (χ0n) is 16.4. The van der Waals surface area contributed by atoms with Crippen LogP contribution in [0.15, 0.2) is 34.8 Å². The number of rotatable bonds is 3. The van der Waals surface area contributed by atoms with Crippen LogP contribution < -0.4 is 10.2 Å². The Morgan fingerprint density at radius 3 is 2.81 bits per heavy atom. The van der Waals surface area contributed by atoms with Gasteiger partial charge < -0.3 is 10.2 Å². The number of benzene rings is 2. The van der Waals surface area contributed by atoms with E-state index in [0.717, 1.165) is 4.47 Å². The van der Waals surface area contributed by atoms with E-state index in [1.54, 1.807) is 30.0 Å². The second kappa shape index (κ2) is 8.52. The lowest BCUT2D eigenvalue weighted by Gasteiger charge is -2.34. The lowest BCUT2D eigenvalue weighted by molar-refractivity contribution is -0.0118. The van der Waals surface area contributed by atoms with Gasteiger partial charge in [0.05, 0.1) is 28.3 Å². The smallest absolute Gasteiger partial charge is 0.265 e. The van der Waals surface area contributed by atoms with Gasteiger partial charge in [0, 0.05) is 39.5 Å². The van der Waals surface area contributed by atoms with Crippen LogP contribution in [0.25, 0.3) is 10.9 Å². The number of carbonyl (C=O) groups is 1. The molecule has 0 saturated carbocycles. The van der Waals surface area contributed by atoms with Crippen molar-refractivity contribution in [1.29, 1.82) is 0 Å².